The highest BCUT2D eigenvalue weighted by molar-refractivity contribution is 6.06. The highest BCUT2D eigenvalue weighted by atomic mass is 19.1. The first-order chi connectivity index (χ1) is 9.26. The van der Waals surface area contributed by atoms with Crippen LogP contribution >= 0.6 is 0 Å². The van der Waals surface area contributed by atoms with E-state index in [0.29, 0.717) is 16.8 Å². The minimum absolute atomic E-state index is 0.276. The molecule has 2 aromatic rings. The quantitative estimate of drug-likeness (QED) is 0.913. The van der Waals surface area contributed by atoms with Gasteiger partial charge in [0.05, 0.1) is 12.7 Å². The fourth-order valence-corrected chi connectivity index (χ4v) is 1.83. The summed E-state index contributed by atoms with van der Waals surface area (Å²) < 4.78 is 18.0. The molecule has 2 rings (SSSR count). The molecule has 1 N–H and O–H groups in total. The number of nitrogens with one attached hydrogen (secondary N) is 1. The standard InChI is InChI=1S/C15H14FNO2/c1-19-14-11(10-16)6-5-9-13(14)15(18)17-12-7-3-2-4-8-12/h2-9H,10H2,1H3,(H,17,18). The average Bonchev–Trinajstić information content (AvgIpc) is 2.47. The molecule has 0 radical (unpaired) electrons. The summed E-state index contributed by atoms with van der Waals surface area (Å²) >= 11 is 0. The van der Waals surface area contributed by atoms with Crippen LogP contribution in [0.15, 0.2) is 48.5 Å². The molecule has 4 heteroatoms. The van der Waals surface area contributed by atoms with Gasteiger partial charge in [-0.2, -0.15) is 0 Å². The lowest BCUT2D eigenvalue weighted by Crippen LogP contribution is -2.13. The second kappa shape index (κ2) is 6.00. The Morgan fingerprint density at radius 2 is 1.89 bits per heavy atom. The number of anilines is 1. The van der Waals surface area contributed by atoms with Gasteiger partial charge in [-0.15, -0.1) is 0 Å². The topological polar surface area (TPSA) is 38.3 Å². The number of para-hydroxylation sites is 2. The summed E-state index contributed by atoms with van der Waals surface area (Å²) in [6.45, 7) is -0.671. The minimum atomic E-state index is -0.671. The van der Waals surface area contributed by atoms with E-state index >= 15 is 0 Å². The van der Waals surface area contributed by atoms with Crippen molar-refractivity contribution in [1.82, 2.24) is 0 Å². The number of hydrogen-bond donors (Lipinski definition) is 1. The molecule has 0 aliphatic heterocycles. The Kier molecular flexibility index (Phi) is 4.13. The molecular weight excluding hydrogens is 245 g/mol. The first-order valence-electron chi connectivity index (χ1n) is 5.84. The van der Waals surface area contributed by atoms with E-state index in [1.807, 2.05) is 18.2 Å². The van der Waals surface area contributed by atoms with E-state index in [1.54, 1.807) is 30.3 Å². The number of amides is 1. The second-order valence-electron chi connectivity index (χ2n) is 3.95. The Labute approximate surface area is 111 Å². The molecule has 1 amide bonds. The Bertz CT molecular complexity index is 570. The zero-order chi connectivity index (χ0) is 13.7. The lowest BCUT2D eigenvalue weighted by Gasteiger charge is -2.11. The van der Waals surface area contributed by atoms with Crippen molar-refractivity contribution in [1.29, 1.82) is 0 Å². The van der Waals surface area contributed by atoms with E-state index in [1.165, 1.54) is 7.11 Å². The largest absolute Gasteiger partial charge is 0.496 e. The molecule has 0 aliphatic carbocycles. The third-order valence-electron chi connectivity index (χ3n) is 2.72. The average molecular weight is 259 g/mol. The number of rotatable bonds is 4. The van der Waals surface area contributed by atoms with Gasteiger partial charge >= 0.3 is 0 Å². The van der Waals surface area contributed by atoms with Gasteiger partial charge in [-0.1, -0.05) is 30.3 Å². The summed E-state index contributed by atoms with van der Waals surface area (Å²) in [6, 6.07) is 13.9. The number of ether oxygens (including phenoxy) is 1. The molecule has 0 heterocycles. The van der Waals surface area contributed by atoms with Crippen LogP contribution in [0.25, 0.3) is 0 Å². The zero-order valence-electron chi connectivity index (χ0n) is 10.5. The molecule has 3 nitrogen and oxygen atoms in total. The summed E-state index contributed by atoms with van der Waals surface area (Å²) in [5.74, 6) is -0.0446. The van der Waals surface area contributed by atoms with Crippen LogP contribution in [-0.2, 0) is 6.67 Å². The van der Waals surface area contributed by atoms with Crippen LogP contribution in [0.1, 0.15) is 15.9 Å². The molecule has 0 aromatic heterocycles. The highest BCUT2D eigenvalue weighted by Gasteiger charge is 2.15. The molecule has 19 heavy (non-hydrogen) atoms. The molecule has 0 saturated carbocycles. The Hall–Kier alpha value is -2.36. The zero-order valence-corrected chi connectivity index (χ0v) is 10.5. The van der Waals surface area contributed by atoms with E-state index in [4.69, 9.17) is 4.74 Å². The Morgan fingerprint density at radius 3 is 2.53 bits per heavy atom. The summed E-state index contributed by atoms with van der Waals surface area (Å²) in [5.41, 5.74) is 1.37. The second-order valence-corrected chi connectivity index (χ2v) is 3.95. The van der Waals surface area contributed by atoms with Crippen LogP contribution in [-0.4, -0.2) is 13.0 Å². The van der Waals surface area contributed by atoms with Crippen molar-refractivity contribution in [2.24, 2.45) is 0 Å². The van der Waals surface area contributed by atoms with Gasteiger partial charge in [-0.05, 0) is 18.2 Å². The van der Waals surface area contributed by atoms with E-state index in [2.05, 4.69) is 5.32 Å². The molecule has 0 bridgehead atoms. The van der Waals surface area contributed by atoms with E-state index in [0.717, 1.165) is 0 Å². The van der Waals surface area contributed by atoms with E-state index < -0.39 is 6.67 Å². The minimum Gasteiger partial charge on any atom is -0.496 e. The first kappa shape index (κ1) is 13.1. The summed E-state index contributed by atoms with van der Waals surface area (Å²) in [7, 11) is 1.42. The maximum Gasteiger partial charge on any atom is 0.259 e. The number of methoxy groups -OCH3 is 1. The SMILES string of the molecule is COc1c(CF)cccc1C(=O)Nc1ccccc1. The Morgan fingerprint density at radius 1 is 1.16 bits per heavy atom. The van der Waals surface area contributed by atoms with Crippen molar-refractivity contribution < 1.29 is 13.9 Å². The number of benzene rings is 2. The number of halogens is 1. The van der Waals surface area contributed by atoms with Gasteiger partial charge in [0.2, 0.25) is 0 Å². The summed E-state index contributed by atoms with van der Waals surface area (Å²) in [4.78, 5) is 12.1. The molecule has 0 saturated heterocycles. The maximum atomic E-state index is 12.8. The predicted octanol–water partition coefficient (Wildman–Crippen LogP) is 3.42. The van der Waals surface area contributed by atoms with Crippen LogP contribution in [0, 0.1) is 0 Å². The fourth-order valence-electron chi connectivity index (χ4n) is 1.83. The normalized spacial score (nSPS) is 10.0. The van der Waals surface area contributed by atoms with Crippen LogP contribution in [0.5, 0.6) is 5.75 Å². The molecule has 0 unspecified atom stereocenters. The molecular formula is C15H14FNO2. The Balaban J connectivity index is 2.29. The van der Waals surface area contributed by atoms with Gasteiger partial charge in [0.25, 0.3) is 5.91 Å². The third kappa shape index (κ3) is 2.91. The van der Waals surface area contributed by atoms with Crippen molar-refractivity contribution in [2.75, 3.05) is 12.4 Å². The van der Waals surface area contributed by atoms with Crippen molar-refractivity contribution in [2.45, 2.75) is 6.67 Å². The van der Waals surface area contributed by atoms with Crippen molar-refractivity contribution in [3.8, 4) is 5.75 Å². The van der Waals surface area contributed by atoms with E-state index in [-0.39, 0.29) is 11.7 Å². The molecule has 0 atom stereocenters. The highest BCUT2D eigenvalue weighted by Crippen LogP contribution is 2.25. The van der Waals surface area contributed by atoms with Crippen molar-refractivity contribution in [3.05, 3.63) is 59.7 Å². The molecule has 2 aromatic carbocycles. The van der Waals surface area contributed by atoms with Crippen LogP contribution in [0.2, 0.25) is 0 Å². The fraction of sp³-hybridized carbons (Fsp3) is 0.133. The molecule has 0 spiro atoms. The number of carbonyl (C=O) groups is 1. The van der Waals surface area contributed by atoms with Crippen LogP contribution < -0.4 is 10.1 Å². The number of hydrogen-bond acceptors (Lipinski definition) is 2. The van der Waals surface area contributed by atoms with Crippen LogP contribution in [0.4, 0.5) is 10.1 Å². The van der Waals surface area contributed by atoms with Gasteiger partial charge in [0.1, 0.15) is 12.4 Å². The van der Waals surface area contributed by atoms with Crippen molar-refractivity contribution in [3.63, 3.8) is 0 Å². The molecule has 98 valence electrons. The lowest BCUT2D eigenvalue weighted by molar-refractivity contribution is 0.102. The summed E-state index contributed by atoms with van der Waals surface area (Å²) in [6.07, 6.45) is 0. The maximum absolute atomic E-state index is 12.8. The third-order valence-corrected chi connectivity index (χ3v) is 2.72. The van der Waals surface area contributed by atoms with Gasteiger partial charge in [-0.3, -0.25) is 4.79 Å². The van der Waals surface area contributed by atoms with E-state index in [9.17, 15) is 9.18 Å². The van der Waals surface area contributed by atoms with Crippen LogP contribution in [0.3, 0.4) is 0 Å². The smallest absolute Gasteiger partial charge is 0.259 e. The molecule has 0 aliphatic rings. The van der Waals surface area contributed by atoms with Gasteiger partial charge < -0.3 is 10.1 Å². The number of carbonyl (C=O) groups excluding carboxylic acids is 1. The summed E-state index contributed by atoms with van der Waals surface area (Å²) in [5, 5.41) is 2.74. The molecule has 0 fully saturated rings. The monoisotopic (exact) mass is 259 g/mol. The number of alkyl halides is 1. The van der Waals surface area contributed by atoms with Gasteiger partial charge in [-0.25, -0.2) is 4.39 Å². The lowest BCUT2D eigenvalue weighted by atomic mass is 10.1. The first-order valence-corrected chi connectivity index (χ1v) is 5.84. The van der Waals surface area contributed by atoms with Gasteiger partial charge in [0, 0.05) is 11.3 Å². The van der Waals surface area contributed by atoms with Crippen molar-refractivity contribution >= 4 is 11.6 Å². The predicted molar refractivity (Wildman–Crippen MR) is 72.2 cm³/mol. The van der Waals surface area contributed by atoms with Gasteiger partial charge in [0.15, 0.2) is 0 Å².